The van der Waals surface area contributed by atoms with E-state index in [0.29, 0.717) is 31.5 Å². The molecule has 0 amide bonds. The van der Waals surface area contributed by atoms with Gasteiger partial charge in [0.25, 0.3) is 0 Å². The van der Waals surface area contributed by atoms with E-state index in [1.165, 1.54) is 0 Å². The molecule has 17 heavy (non-hydrogen) atoms. The van der Waals surface area contributed by atoms with Crippen LogP contribution in [0.5, 0.6) is 0 Å². The zero-order valence-corrected chi connectivity index (χ0v) is 11.6. The number of Topliss-reactive ketones (excluding diaryl/α,β-unsaturated/α-hetero) is 1. The highest BCUT2D eigenvalue weighted by molar-refractivity contribution is 5.75. The van der Waals surface area contributed by atoms with Gasteiger partial charge < -0.3 is 14.3 Å². The van der Waals surface area contributed by atoms with Gasteiger partial charge in [-0.15, -0.1) is 0 Å². The molecule has 0 aromatic heterocycles. The number of hydrogen-bond acceptors (Lipinski definition) is 3. The van der Waals surface area contributed by atoms with Crippen molar-refractivity contribution in [1.29, 1.82) is 0 Å². The summed E-state index contributed by atoms with van der Waals surface area (Å²) < 4.78 is 11.2. The molecule has 0 bridgehead atoms. The van der Waals surface area contributed by atoms with Crippen LogP contribution >= 0.6 is 0 Å². The van der Waals surface area contributed by atoms with Crippen LogP contribution in [0.1, 0.15) is 53.4 Å². The van der Waals surface area contributed by atoms with Crippen LogP contribution in [0, 0.1) is 11.8 Å². The summed E-state index contributed by atoms with van der Waals surface area (Å²) in [6, 6.07) is 0. The van der Waals surface area contributed by atoms with Crippen LogP contribution in [0.3, 0.4) is 0 Å². The van der Waals surface area contributed by atoms with E-state index in [0.717, 1.165) is 19.3 Å². The zero-order valence-electron chi connectivity index (χ0n) is 11.6. The number of hydrogen-bond donors (Lipinski definition) is 0. The lowest BCUT2D eigenvalue weighted by Crippen LogP contribution is -2.27. The molecule has 3 nitrogen and oxygen atoms in total. The van der Waals surface area contributed by atoms with Crippen molar-refractivity contribution in [3.8, 4) is 0 Å². The van der Waals surface area contributed by atoms with Crippen molar-refractivity contribution in [2.45, 2.75) is 59.2 Å². The van der Waals surface area contributed by atoms with E-state index >= 15 is 0 Å². The van der Waals surface area contributed by atoms with Gasteiger partial charge in [-0.25, -0.2) is 0 Å². The molecule has 1 fully saturated rings. The standard InChI is InChI=1S/C14H26O3/c1-11(2)13(6-5-12(3)15)7-8-14(4)16-9-10-17-14/h11,13H,5-10H2,1-4H3. The highest BCUT2D eigenvalue weighted by Crippen LogP contribution is 2.30. The molecule has 0 aromatic rings. The molecule has 1 aliphatic rings. The summed E-state index contributed by atoms with van der Waals surface area (Å²) in [6.07, 6.45) is 3.68. The third kappa shape index (κ3) is 5.17. The molecule has 0 radical (unpaired) electrons. The number of ketones is 1. The second-order valence-electron chi connectivity index (χ2n) is 5.61. The van der Waals surface area contributed by atoms with E-state index in [-0.39, 0.29) is 11.6 Å². The maximum atomic E-state index is 11.0. The van der Waals surface area contributed by atoms with Gasteiger partial charge in [0.2, 0.25) is 0 Å². The molecular formula is C14H26O3. The second kappa shape index (κ2) is 6.50. The Balaban J connectivity index is 2.35. The van der Waals surface area contributed by atoms with Crippen LogP contribution in [-0.2, 0) is 14.3 Å². The lowest BCUT2D eigenvalue weighted by molar-refractivity contribution is -0.149. The monoisotopic (exact) mass is 242 g/mol. The van der Waals surface area contributed by atoms with Crippen LogP contribution < -0.4 is 0 Å². The van der Waals surface area contributed by atoms with E-state index in [4.69, 9.17) is 9.47 Å². The number of carbonyl (C=O) groups excluding carboxylic acids is 1. The third-order valence-corrected chi connectivity index (χ3v) is 3.68. The molecule has 100 valence electrons. The Hall–Kier alpha value is -0.410. The van der Waals surface area contributed by atoms with Crippen molar-refractivity contribution in [3.63, 3.8) is 0 Å². The molecule has 0 aliphatic carbocycles. The van der Waals surface area contributed by atoms with Gasteiger partial charge >= 0.3 is 0 Å². The van der Waals surface area contributed by atoms with Gasteiger partial charge in [-0.05, 0) is 38.5 Å². The smallest absolute Gasteiger partial charge is 0.165 e. The predicted octanol–water partition coefficient (Wildman–Crippen LogP) is 3.17. The van der Waals surface area contributed by atoms with Crippen LogP contribution in [0.2, 0.25) is 0 Å². The summed E-state index contributed by atoms with van der Waals surface area (Å²) in [6.45, 7) is 9.55. The highest BCUT2D eigenvalue weighted by Gasteiger charge is 2.31. The molecule has 1 saturated heterocycles. The normalized spacial score (nSPS) is 20.8. The molecule has 0 saturated carbocycles. The maximum Gasteiger partial charge on any atom is 0.165 e. The average Bonchev–Trinajstić information content (AvgIpc) is 2.64. The van der Waals surface area contributed by atoms with E-state index in [9.17, 15) is 4.79 Å². The molecule has 0 N–H and O–H groups in total. The van der Waals surface area contributed by atoms with Crippen LogP contribution in [-0.4, -0.2) is 24.8 Å². The second-order valence-corrected chi connectivity index (χ2v) is 5.61. The van der Waals surface area contributed by atoms with Crippen molar-refractivity contribution < 1.29 is 14.3 Å². The van der Waals surface area contributed by atoms with Crippen molar-refractivity contribution in [2.75, 3.05) is 13.2 Å². The number of ether oxygens (including phenoxy) is 2. The fourth-order valence-electron chi connectivity index (χ4n) is 2.35. The topological polar surface area (TPSA) is 35.5 Å². The summed E-state index contributed by atoms with van der Waals surface area (Å²) in [4.78, 5) is 11.0. The largest absolute Gasteiger partial charge is 0.348 e. The van der Waals surface area contributed by atoms with Gasteiger partial charge in [-0.2, -0.15) is 0 Å². The number of rotatable bonds is 7. The minimum atomic E-state index is -0.386. The van der Waals surface area contributed by atoms with E-state index in [1.54, 1.807) is 6.92 Å². The molecule has 3 heteroatoms. The Morgan fingerprint density at radius 3 is 2.29 bits per heavy atom. The quantitative estimate of drug-likeness (QED) is 0.688. The summed E-state index contributed by atoms with van der Waals surface area (Å²) in [5.41, 5.74) is 0. The van der Waals surface area contributed by atoms with Gasteiger partial charge in [-0.1, -0.05) is 13.8 Å². The predicted molar refractivity (Wildman–Crippen MR) is 67.8 cm³/mol. The first-order chi connectivity index (χ1) is 7.93. The van der Waals surface area contributed by atoms with Crippen LogP contribution in [0.15, 0.2) is 0 Å². The Kier molecular flexibility index (Phi) is 5.60. The first-order valence-electron chi connectivity index (χ1n) is 6.70. The fourth-order valence-corrected chi connectivity index (χ4v) is 2.35. The molecule has 0 aromatic carbocycles. The van der Waals surface area contributed by atoms with E-state index < -0.39 is 0 Å². The van der Waals surface area contributed by atoms with Gasteiger partial charge in [0.05, 0.1) is 13.2 Å². The molecule has 1 atom stereocenters. The lowest BCUT2D eigenvalue weighted by atomic mass is 9.85. The van der Waals surface area contributed by atoms with Crippen LogP contribution in [0.4, 0.5) is 0 Å². The van der Waals surface area contributed by atoms with E-state index in [1.807, 2.05) is 6.92 Å². The van der Waals surface area contributed by atoms with Gasteiger partial charge in [0, 0.05) is 12.8 Å². The molecular weight excluding hydrogens is 216 g/mol. The third-order valence-electron chi connectivity index (χ3n) is 3.68. The Morgan fingerprint density at radius 2 is 1.82 bits per heavy atom. The molecule has 0 spiro atoms. The first kappa shape index (κ1) is 14.7. The first-order valence-corrected chi connectivity index (χ1v) is 6.70. The minimum absolute atomic E-state index is 0.287. The molecule has 1 aliphatic heterocycles. The van der Waals surface area contributed by atoms with Gasteiger partial charge in [-0.3, -0.25) is 0 Å². The fraction of sp³-hybridized carbons (Fsp3) is 0.929. The van der Waals surface area contributed by atoms with Crippen molar-refractivity contribution in [3.05, 3.63) is 0 Å². The Bertz CT molecular complexity index is 242. The van der Waals surface area contributed by atoms with Crippen molar-refractivity contribution >= 4 is 5.78 Å². The molecule has 1 heterocycles. The van der Waals surface area contributed by atoms with E-state index in [2.05, 4.69) is 13.8 Å². The SMILES string of the molecule is CC(=O)CCC(CCC1(C)OCCO1)C(C)C. The summed E-state index contributed by atoms with van der Waals surface area (Å²) in [7, 11) is 0. The number of carbonyl (C=O) groups is 1. The summed E-state index contributed by atoms with van der Waals surface area (Å²) in [5.74, 6) is 1.10. The highest BCUT2D eigenvalue weighted by atomic mass is 16.7. The van der Waals surface area contributed by atoms with Crippen LogP contribution in [0.25, 0.3) is 0 Å². The minimum Gasteiger partial charge on any atom is -0.348 e. The average molecular weight is 242 g/mol. The van der Waals surface area contributed by atoms with Crippen molar-refractivity contribution in [1.82, 2.24) is 0 Å². The maximum absolute atomic E-state index is 11.0. The zero-order chi connectivity index (χ0) is 12.9. The molecule has 1 unspecified atom stereocenters. The molecule has 1 rings (SSSR count). The Morgan fingerprint density at radius 1 is 1.24 bits per heavy atom. The lowest BCUT2D eigenvalue weighted by Gasteiger charge is -2.27. The van der Waals surface area contributed by atoms with Gasteiger partial charge in [0.1, 0.15) is 5.78 Å². The summed E-state index contributed by atoms with van der Waals surface area (Å²) in [5, 5.41) is 0. The Labute approximate surface area is 105 Å². The summed E-state index contributed by atoms with van der Waals surface area (Å²) >= 11 is 0. The van der Waals surface area contributed by atoms with Gasteiger partial charge in [0.15, 0.2) is 5.79 Å². The van der Waals surface area contributed by atoms with Crippen molar-refractivity contribution in [2.24, 2.45) is 11.8 Å².